The quantitative estimate of drug-likeness (QED) is 0.749. The molecule has 0 aliphatic rings. The highest BCUT2D eigenvalue weighted by Gasteiger charge is 2.06. The minimum atomic E-state index is -3.70. The smallest absolute Gasteiger partial charge is 0.238 e. The number of carbonyl (C=O) groups excluding carboxylic acids is 1. The molecule has 0 saturated carbocycles. The molecule has 8 heteroatoms. The summed E-state index contributed by atoms with van der Waals surface area (Å²) in [5.74, 6) is 0.140. The van der Waals surface area contributed by atoms with E-state index in [0.717, 1.165) is 5.69 Å². The lowest BCUT2D eigenvalue weighted by atomic mass is 10.2. The molecule has 2 rings (SSSR count). The number of sulfonamides is 1. The van der Waals surface area contributed by atoms with Crippen molar-refractivity contribution in [2.45, 2.75) is 18.2 Å². The van der Waals surface area contributed by atoms with Gasteiger partial charge in [0.1, 0.15) is 5.78 Å². The highest BCUT2D eigenvalue weighted by molar-refractivity contribution is 7.89. The molecule has 0 heterocycles. The van der Waals surface area contributed by atoms with E-state index in [1.54, 1.807) is 19.1 Å². The fourth-order valence-electron chi connectivity index (χ4n) is 1.85. The summed E-state index contributed by atoms with van der Waals surface area (Å²) in [6.45, 7) is 2.15. The molecule has 24 heavy (non-hydrogen) atoms. The predicted octanol–water partition coefficient (Wildman–Crippen LogP) is 3.14. The van der Waals surface area contributed by atoms with Crippen LogP contribution in [-0.4, -0.2) is 20.7 Å². The standard InChI is InChI=1S/C16H18N4O3S/c1-12(21)10-11-18-13-2-4-14(5-3-13)19-20-15-6-8-16(9-7-15)24(17,22)23/h2-9,18H,10-11H2,1H3,(H2,17,22,23). The summed E-state index contributed by atoms with van der Waals surface area (Å²) >= 11 is 0. The van der Waals surface area contributed by atoms with Crippen molar-refractivity contribution < 1.29 is 13.2 Å². The van der Waals surface area contributed by atoms with Crippen molar-refractivity contribution >= 4 is 32.9 Å². The lowest BCUT2D eigenvalue weighted by molar-refractivity contribution is -0.116. The summed E-state index contributed by atoms with van der Waals surface area (Å²) in [4.78, 5) is 10.9. The third-order valence-electron chi connectivity index (χ3n) is 3.12. The van der Waals surface area contributed by atoms with Gasteiger partial charge in [-0.25, -0.2) is 13.6 Å². The van der Waals surface area contributed by atoms with Crippen LogP contribution in [0.1, 0.15) is 13.3 Å². The number of nitrogens with two attached hydrogens (primary N) is 1. The zero-order valence-corrected chi connectivity index (χ0v) is 14.0. The molecule has 7 nitrogen and oxygen atoms in total. The number of hydrogen-bond acceptors (Lipinski definition) is 6. The van der Waals surface area contributed by atoms with E-state index >= 15 is 0 Å². The van der Waals surface area contributed by atoms with Gasteiger partial charge in [-0.15, -0.1) is 0 Å². The summed E-state index contributed by atoms with van der Waals surface area (Å²) < 4.78 is 22.3. The molecule has 126 valence electrons. The Labute approximate surface area is 140 Å². The Morgan fingerprint density at radius 3 is 1.96 bits per heavy atom. The minimum Gasteiger partial charge on any atom is -0.385 e. The van der Waals surface area contributed by atoms with Gasteiger partial charge >= 0.3 is 0 Å². The number of nitrogens with one attached hydrogen (secondary N) is 1. The van der Waals surface area contributed by atoms with Crippen molar-refractivity contribution in [3.8, 4) is 0 Å². The molecule has 3 N–H and O–H groups in total. The van der Waals surface area contributed by atoms with E-state index in [0.29, 0.717) is 24.3 Å². The van der Waals surface area contributed by atoms with Crippen molar-refractivity contribution in [2.24, 2.45) is 15.4 Å². The van der Waals surface area contributed by atoms with Gasteiger partial charge in [-0.2, -0.15) is 10.2 Å². The second-order valence-electron chi connectivity index (χ2n) is 5.16. The van der Waals surface area contributed by atoms with E-state index in [4.69, 9.17) is 5.14 Å². The highest BCUT2D eigenvalue weighted by Crippen LogP contribution is 2.21. The second kappa shape index (κ2) is 7.80. The molecule has 0 atom stereocenters. The summed E-state index contributed by atoms with van der Waals surface area (Å²) in [6, 6.07) is 13.1. The number of azo groups is 1. The first-order valence-electron chi connectivity index (χ1n) is 7.22. The molecule has 0 saturated heterocycles. The number of hydrogen-bond donors (Lipinski definition) is 2. The summed E-state index contributed by atoms with van der Waals surface area (Å²) in [6.07, 6.45) is 0.482. The summed E-state index contributed by atoms with van der Waals surface area (Å²) in [5, 5.41) is 16.3. The molecule has 0 fully saturated rings. The zero-order chi connectivity index (χ0) is 17.6. The maximum Gasteiger partial charge on any atom is 0.238 e. The minimum absolute atomic E-state index is 0.0300. The average molecular weight is 346 g/mol. The first-order valence-corrected chi connectivity index (χ1v) is 8.77. The molecule has 0 amide bonds. The van der Waals surface area contributed by atoms with Gasteiger partial charge in [-0.3, -0.25) is 4.79 Å². The van der Waals surface area contributed by atoms with Gasteiger partial charge in [0.15, 0.2) is 0 Å². The average Bonchev–Trinajstić information content (AvgIpc) is 2.53. The van der Waals surface area contributed by atoms with Gasteiger partial charge in [0.25, 0.3) is 0 Å². The van der Waals surface area contributed by atoms with Crippen molar-refractivity contribution in [3.05, 3.63) is 48.5 Å². The van der Waals surface area contributed by atoms with Crippen LogP contribution in [0.5, 0.6) is 0 Å². The Hall–Kier alpha value is -2.58. The molecule has 2 aromatic carbocycles. The number of anilines is 1. The molecule has 2 aromatic rings. The third kappa shape index (κ3) is 5.56. The Balaban J connectivity index is 1.98. The fourth-order valence-corrected chi connectivity index (χ4v) is 2.36. The Kier molecular flexibility index (Phi) is 5.78. The molecule has 0 spiro atoms. The van der Waals surface area contributed by atoms with E-state index in [-0.39, 0.29) is 10.7 Å². The lowest BCUT2D eigenvalue weighted by Crippen LogP contribution is -2.11. The van der Waals surface area contributed by atoms with E-state index in [9.17, 15) is 13.2 Å². The SMILES string of the molecule is CC(=O)CCNc1ccc(N=Nc2ccc(S(N)(=O)=O)cc2)cc1. The van der Waals surface area contributed by atoms with Crippen LogP contribution in [0, 0.1) is 0 Å². The molecular weight excluding hydrogens is 328 g/mol. The number of ketones is 1. The van der Waals surface area contributed by atoms with Gasteiger partial charge in [-0.05, 0) is 55.5 Å². The first kappa shape index (κ1) is 17.8. The molecule has 0 aliphatic heterocycles. The summed E-state index contributed by atoms with van der Waals surface area (Å²) in [7, 11) is -3.70. The van der Waals surface area contributed by atoms with Crippen LogP contribution in [-0.2, 0) is 14.8 Å². The van der Waals surface area contributed by atoms with Gasteiger partial charge in [-0.1, -0.05) is 0 Å². The second-order valence-corrected chi connectivity index (χ2v) is 6.73. The van der Waals surface area contributed by atoms with Gasteiger partial charge in [0.2, 0.25) is 10.0 Å². The maximum atomic E-state index is 11.2. The van der Waals surface area contributed by atoms with Crippen LogP contribution < -0.4 is 10.5 Å². The Morgan fingerprint density at radius 1 is 1.00 bits per heavy atom. The van der Waals surface area contributed by atoms with Crippen molar-refractivity contribution in [1.82, 2.24) is 0 Å². The summed E-state index contributed by atoms with van der Waals surface area (Å²) in [5.41, 5.74) is 2.07. The molecule has 0 aliphatic carbocycles. The molecular formula is C16H18N4O3S. The Morgan fingerprint density at radius 2 is 1.50 bits per heavy atom. The van der Waals surface area contributed by atoms with Crippen molar-refractivity contribution in [2.75, 3.05) is 11.9 Å². The van der Waals surface area contributed by atoms with E-state index in [1.807, 2.05) is 12.1 Å². The van der Waals surface area contributed by atoms with Gasteiger partial charge in [0.05, 0.1) is 16.3 Å². The number of nitrogens with zero attached hydrogens (tertiary/aromatic N) is 2. The Bertz CT molecular complexity index is 829. The van der Waals surface area contributed by atoms with Crippen molar-refractivity contribution in [1.29, 1.82) is 0 Å². The molecule has 0 bridgehead atoms. The normalized spacial score (nSPS) is 11.6. The monoisotopic (exact) mass is 346 g/mol. The van der Waals surface area contributed by atoms with E-state index in [1.165, 1.54) is 24.3 Å². The number of benzene rings is 2. The zero-order valence-electron chi connectivity index (χ0n) is 13.1. The van der Waals surface area contributed by atoms with E-state index in [2.05, 4.69) is 15.5 Å². The van der Waals surface area contributed by atoms with Crippen LogP contribution in [0.3, 0.4) is 0 Å². The fraction of sp³-hybridized carbons (Fsp3) is 0.188. The number of carbonyl (C=O) groups is 1. The highest BCUT2D eigenvalue weighted by atomic mass is 32.2. The van der Waals surface area contributed by atoms with Crippen molar-refractivity contribution in [3.63, 3.8) is 0 Å². The van der Waals surface area contributed by atoms with Gasteiger partial charge in [0, 0.05) is 18.7 Å². The van der Waals surface area contributed by atoms with Gasteiger partial charge < -0.3 is 5.32 Å². The number of primary sulfonamides is 1. The number of Topliss-reactive ketones (excluding diaryl/α,β-unsaturated/α-hetero) is 1. The largest absolute Gasteiger partial charge is 0.385 e. The predicted molar refractivity (Wildman–Crippen MR) is 92.2 cm³/mol. The molecule has 0 unspecified atom stereocenters. The lowest BCUT2D eigenvalue weighted by Gasteiger charge is -2.04. The third-order valence-corrected chi connectivity index (χ3v) is 4.05. The van der Waals surface area contributed by atoms with Crippen LogP contribution >= 0.6 is 0 Å². The molecule has 0 aromatic heterocycles. The van der Waals surface area contributed by atoms with Crippen LogP contribution in [0.15, 0.2) is 63.7 Å². The topological polar surface area (TPSA) is 114 Å². The number of rotatable bonds is 7. The molecule has 0 radical (unpaired) electrons. The maximum absolute atomic E-state index is 11.2. The van der Waals surface area contributed by atoms with Crippen LogP contribution in [0.25, 0.3) is 0 Å². The van der Waals surface area contributed by atoms with Crippen LogP contribution in [0.4, 0.5) is 17.1 Å². The first-order chi connectivity index (χ1) is 11.3. The van der Waals surface area contributed by atoms with E-state index < -0.39 is 10.0 Å². The van der Waals surface area contributed by atoms with Crippen LogP contribution in [0.2, 0.25) is 0 Å².